The van der Waals surface area contributed by atoms with Gasteiger partial charge >= 0.3 is 0 Å². The van der Waals surface area contributed by atoms with Gasteiger partial charge in [-0.1, -0.05) is 39.5 Å². The molecule has 102 valence electrons. The van der Waals surface area contributed by atoms with Crippen molar-refractivity contribution in [3.05, 3.63) is 23.9 Å². The number of ether oxygens (including phenoxy) is 1. The summed E-state index contributed by atoms with van der Waals surface area (Å²) in [5.74, 6) is 0.751. The number of rotatable bonds is 10. The van der Waals surface area contributed by atoms with Crippen LogP contribution >= 0.6 is 0 Å². The van der Waals surface area contributed by atoms with E-state index in [2.05, 4.69) is 24.1 Å². The Morgan fingerprint density at radius 3 is 2.78 bits per heavy atom. The molecule has 0 unspecified atom stereocenters. The molecule has 3 nitrogen and oxygen atoms in total. The molecule has 0 saturated heterocycles. The lowest BCUT2D eigenvalue weighted by Crippen LogP contribution is -2.11. The molecule has 1 N–H and O–H groups in total. The Morgan fingerprint density at radius 1 is 1.17 bits per heavy atom. The monoisotopic (exact) mass is 250 g/mol. The number of pyridine rings is 1. The Bertz CT molecular complexity index is 315. The van der Waals surface area contributed by atoms with Crippen molar-refractivity contribution < 1.29 is 4.74 Å². The van der Waals surface area contributed by atoms with Gasteiger partial charge in [0.2, 0.25) is 5.88 Å². The van der Waals surface area contributed by atoms with E-state index in [1.165, 1.54) is 31.2 Å². The van der Waals surface area contributed by atoms with Gasteiger partial charge in [-0.25, -0.2) is 4.98 Å². The summed E-state index contributed by atoms with van der Waals surface area (Å²) in [6.07, 6.45) is 8.13. The van der Waals surface area contributed by atoms with Crippen LogP contribution in [0.4, 0.5) is 0 Å². The van der Waals surface area contributed by atoms with E-state index in [-0.39, 0.29) is 0 Å². The quantitative estimate of drug-likeness (QED) is 0.645. The first-order valence-electron chi connectivity index (χ1n) is 7.15. The van der Waals surface area contributed by atoms with Crippen LogP contribution in [-0.2, 0) is 6.54 Å². The van der Waals surface area contributed by atoms with Crippen LogP contribution in [0.1, 0.15) is 51.5 Å². The third kappa shape index (κ3) is 6.60. The van der Waals surface area contributed by atoms with Crippen molar-refractivity contribution in [2.45, 2.75) is 52.5 Å². The molecule has 1 aromatic heterocycles. The molecule has 0 radical (unpaired) electrons. The molecule has 18 heavy (non-hydrogen) atoms. The fourth-order valence-electron chi connectivity index (χ4n) is 1.79. The Hall–Kier alpha value is -1.09. The van der Waals surface area contributed by atoms with Gasteiger partial charge in [-0.3, -0.25) is 0 Å². The zero-order valence-electron chi connectivity index (χ0n) is 11.7. The van der Waals surface area contributed by atoms with Gasteiger partial charge in [0.25, 0.3) is 0 Å². The van der Waals surface area contributed by atoms with Crippen LogP contribution in [0, 0.1) is 0 Å². The van der Waals surface area contributed by atoms with Gasteiger partial charge < -0.3 is 10.1 Å². The van der Waals surface area contributed by atoms with E-state index in [0.717, 1.165) is 32.0 Å². The highest BCUT2D eigenvalue weighted by molar-refractivity contribution is 5.20. The van der Waals surface area contributed by atoms with Crippen molar-refractivity contribution in [2.24, 2.45) is 0 Å². The first-order valence-corrected chi connectivity index (χ1v) is 7.15. The molecule has 0 amide bonds. The van der Waals surface area contributed by atoms with E-state index in [4.69, 9.17) is 4.74 Å². The van der Waals surface area contributed by atoms with Crippen LogP contribution in [-0.4, -0.2) is 18.1 Å². The van der Waals surface area contributed by atoms with Crippen LogP contribution in [0.15, 0.2) is 18.3 Å². The number of nitrogens with one attached hydrogen (secondary N) is 1. The fourth-order valence-corrected chi connectivity index (χ4v) is 1.79. The summed E-state index contributed by atoms with van der Waals surface area (Å²) >= 11 is 0. The lowest BCUT2D eigenvalue weighted by molar-refractivity contribution is 0.293. The molecule has 0 bridgehead atoms. The molecule has 0 aliphatic rings. The summed E-state index contributed by atoms with van der Waals surface area (Å²) in [4.78, 5) is 4.23. The van der Waals surface area contributed by atoms with E-state index in [0.29, 0.717) is 0 Å². The maximum absolute atomic E-state index is 5.67. The number of unbranched alkanes of at least 4 members (excludes halogenated alkanes) is 4. The van der Waals surface area contributed by atoms with Crippen molar-refractivity contribution in [1.82, 2.24) is 10.3 Å². The predicted octanol–water partition coefficient (Wildman–Crippen LogP) is 3.54. The molecule has 0 aliphatic carbocycles. The smallest absolute Gasteiger partial charge is 0.213 e. The zero-order chi connectivity index (χ0) is 13.1. The SMILES string of the molecule is CCCCCCCOc1cc(CNCC)ccn1. The average Bonchev–Trinajstić information content (AvgIpc) is 2.41. The maximum Gasteiger partial charge on any atom is 0.213 e. The van der Waals surface area contributed by atoms with Crippen LogP contribution in [0.2, 0.25) is 0 Å². The van der Waals surface area contributed by atoms with Crippen LogP contribution < -0.4 is 10.1 Å². The molecule has 0 aliphatic heterocycles. The van der Waals surface area contributed by atoms with Gasteiger partial charge in [-0.2, -0.15) is 0 Å². The largest absolute Gasteiger partial charge is 0.478 e. The fraction of sp³-hybridized carbons (Fsp3) is 0.667. The van der Waals surface area contributed by atoms with Gasteiger partial charge in [0.1, 0.15) is 0 Å². The Morgan fingerprint density at radius 2 is 2.00 bits per heavy atom. The van der Waals surface area contributed by atoms with E-state index in [1.54, 1.807) is 0 Å². The minimum absolute atomic E-state index is 0.751. The summed E-state index contributed by atoms with van der Waals surface area (Å²) in [5.41, 5.74) is 1.23. The van der Waals surface area contributed by atoms with E-state index >= 15 is 0 Å². The highest BCUT2D eigenvalue weighted by Gasteiger charge is 1.98. The van der Waals surface area contributed by atoms with Crippen molar-refractivity contribution in [3.63, 3.8) is 0 Å². The molecular formula is C15H26N2O. The average molecular weight is 250 g/mol. The number of nitrogens with zero attached hydrogens (tertiary/aromatic N) is 1. The standard InChI is InChI=1S/C15H26N2O/c1-3-5-6-7-8-11-18-15-12-14(9-10-17-15)13-16-4-2/h9-10,12,16H,3-8,11,13H2,1-2H3. The molecule has 0 aromatic carbocycles. The topological polar surface area (TPSA) is 34.1 Å². The lowest BCUT2D eigenvalue weighted by Gasteiger charge is -2.07. The lowest BCUT2D eigenvalue weighted by atomic mass is 10.2. The number of hydrogen-bond acceptors (Lipinski definition) is 3. The third-order valence-corrected chi connectivity index (χ3v) is 2.88. The summed E-state index contributed by atoms with van der Waals surface area (Å²) in [6.45, 7) is 6.98. The van der Waals surface area contributed by atoms with Crippen LogP contribution in [0.25, 0.3) is 0 Å². The van der Waals surface area contributed by atoms with Crippen molar-refractivity contribution in [1.29, 1.82) is 0 Å². The molecule has 3 heteroatoms. The number of aromatic nitrogens is 1. The summed E-state index contributed by atoms with van der Waals surface area (Å²) in [6, 6.07) is 4.05. The maximum atomic E-state index is 5.67. The Kier molecular flexibility index (Phi) is 8.23. The third-order valence-electron chi connectivity index (χ3n) is 2.88. The Balaban J connectivity index is 2.20. The highest BCUT2D eigenvalue weighted by atomic mass is 16.5. The first kappa shape index (κ1) is 15.0. The van der Waals surface area contributed by atoms with Crippen molar-refractivity contribution in [3.8, 4) is 5.88 Å². The second-order valence-corrected chi connectivity index (χ2v) is 4.55. The van der Waals surface area contributed by atoms with Gasteiger partial charge in [0, 0.05) is 18.8 Å². The molecule has 1 heterocycles. The van der Waals surface area contributed by atoms with Crippen molar-refractivity contribution in [2.75, 3.05) is 13.2 Å². The van der Waals surface area contributed by atoms with E-state index in [1.807, 2.05) is 18.3 Å². The molecule has 1 rings (SSSR count). The van der Waals surface area contributed by atoms with Crippen LogP contribution in [0.5, 0.6) is 5.88 Å². The molecular weight excluding hydrogens is 224 g/mol. The van der Waals surface area contributed by atoms with Gasteiger partial charge in [-0.05, 0) is 24.6 Å². The molecule has 0 atom stereocenters. The normalized spacial score (nSPS) is 10.6. The molecule has 0 saturated carbocycles. The second kappa shape index (κ2) is 9.89. The zero-order valence-corrected chi connectivity index (χ0v) is 11.7. The first-order chi connectivity index (χ1) is 8.86. The molecule has 1 aromatic rings. The summed E-state index contributed by atoms with van der Waals surface area (Å²) in [5, 5.41) is 3.30. The van der Waals surface area contributed by atoms with E-state index < -0.39 is 0 Å². The van der Waals surface area contributed by atoms with Crippen LogP contribution in [0.3, 0.4) is 0 Å². The van der Waals surface area contributed by atoms with Gasteiger partial charge in [0.05, 0.1) is 6.61 Å². The highest BCUT2D eigenvalue weighted by Crippen LogP contribution is 2.10. The van der Waals surface area contributed by atoms with E-state index in [9.17, 15) is 0 Å². The molecule has 0 fully saturated rings. The van der Waals surface area contributed by atoms with Crippen molar-refractivity contribution >= 4 is 0 Å². The summed E-state index contributed by atoms with van der Waals surface area (Å²) in [7, 11) is 0. The minimum atomic E-state index is 0.751. The molecule has 0 spiro atoms. The predicted molar refractivity (Wildman–Crippen MR) is 75.9 cm³/mol. The minimum Gasteiger partial charge on any atom is -0.478 e. The van der Waals surface area contributed by atoms with Gasteiger partial charge in [0.15, 0.2) is 0 Å². The van der Waals surface area contributed by atoms with Gasteiger partial charge in [-0.15, -0.1) is 0 Å². The summed E-state index contributed by atoms with van der Waals surface area (Å²) < 4.78 is 5.67. The second-order valence-electron chi connectivity index (χ2n) is 4.55. The Labute approximate surface area is 111 Å². The number of hydrogen-bond donors (Lipinski definition) is 1.